The van der Waals surface area contributed by atoms with Crippen molar-refractivity contribution < 1.29 is 9.53 Å². The summed E-state index contributed by atoms with van der Waals surface area (Å²) in [5, 5.41) is 3.08. The number of nitrogens with one attached hydrogen (secondary N) is 1. The van der Waals surface area contributed by atoms with Gasteiger partial charge < -0.3 is 10.1 Å². The lowest BCUT2D eigenvalue weighted by atomic mass is 10.2. The van der Waals surface area contributed by atoms with E-state index in [0.717, 1.165) is 44.2 Å². The van der Waals surface area contributed by atoms with Gasteiger partial charge in [0.25, 0.3) is 0 Å². The van der Waals surface area contributed by atoms with Crippen LogP contribution in [0.3, 0.4) is 0 Å². The molecule has 1 aliphatic heterocycles. The van der Waals surface area contributed by atoms with E-state index < -0.39 is 0 Å². The van der Waals surface area contributed by atoms with Crippen molar-refractivity contribution in [3.8, 4) is 0 Å². The number of nitrogens with zero attached hydrogens (tertiary/aromatic N) is 1. The minimum absolute atomic E-state index is 0.111. The maximum Gasteiger partial charge on any atom is 0.230 e. The summed E-state index contributed by atoms with van der Waals surface area (Å²) < 4.78 is 5.34. The number of hydrogen-bond acceptors (Lipinski definition) is 4. The Morgan fingerprint density at radius 1 is 1.32 bits per heavy atom. The number of benzene rings is 1. The van der Waals surface area contributed by atoms with Crippen LogP contribution in [0.25, 0.3) is 0 Å². The molecule has 122 valence electrons. The van der Waals surface area contributed by atoms with Crippen molar-refractivity contribution in [1.82, 2.24) is 10.2 Å². The molecule has 1 N–H and O–H groups in total. The highest BCUT2D eigenvalue weighted by molar-refractivity contribution is 8.00. The summed E-state index contributed by atoms with van der Waals surface area (Å²) in [6.07, 6.45) is 0.987. The van der Waals surface area contributed by atoms with Gasteiger partial charge in [0.2, 0.25) is 5.91 Å². The average Bonchev–Trinajstić information content (AvgIpc) is 2.53. The second kappa shape index (κ2) is 9.18. The summed E-state index contributed by atoms with van der Waals surface area (Å²) in [7, 11) is 0. The zero-order chi connectivity index (χ0) is 15.8. The fourth-order valence-corrected chi connectivity index (χ4v) is 3.08. The first-order chi connectivity index (χ1) is 10.6. The fourth-order valence-electron chi connectivity index (χ4n) is 2.37. The summed E-state index contributed by atoms with van der Waals surface area (Å²) in [5.74, 6) is 0.588. The molecule has 1 saturated heterocycles. The number of thioether (sulfide) groups is 1. The average molecular weight is 322 g/mol. The highest BCUT2D eigenvalue weighted by Crippen LogP contribution is 2.17. The smallest absolute Gasteiger partial charge is 0.230 e. The molecule has 4 nitrogen and oxygen atoms in total. The zero-order valence-corrected chi connectivity index (χ0v) is 14.3. The Kier molecular flexibility index (Phi) is 7.22. The van der Waals surface area contributed by atoms with Crippen molar-refractivity contribution >= 4 is 17.7 Å². The molecule has 1 atom stereocenters. The number of ether oxygens (including phenoxy) is 1. The molecule has 1 heterocycles. The van der Waals surface area contributed by atoms with Crippen molar-refractivity contribution in [3.63, 3.8) is 0 Å². The molecule has 0 bridgehead atoms. The van der Waals surface area contributed by atoms with Gasteiger partial charge in [0, 0.05) is 30.6 Å². The van der Waals surface area contributed by atoms with Crippen molar-refractivity contribution in [2.75, 3.05) is 38.6 Å². The second-order valence-electron chi connectivity index (χ2n) is 5.81. The maximum atomic E-state index is 12.0. The maximum absolute atomic E-state index is 12.0. The molecule has 0 saturated carbocycles. The molecule has 0 aromatic heterocycles. The highest BCUT2D eigenvalue weighted by atomic mass is 32.2. The van der Waals surface area contributed by atoms with Crippen LogP contribution >= 0.6 is 11.8 Å². The monoisotopic (exact) mass is 322 g/mol. The first-order valence-electron chi connectivity index (χ1n) is 7.92. The van der Waals surface area contributed by atoms with Crippen molar-refractivity contribution in [1.29, 1.82) is 0 Å². The molecule has 22 heavy (non-hydrogen) atoms. The van der Waals surface area contributed by atoms with E-state index in [1.807, 2.05) is 0 Å². The van der Waals surface area contributed by atoms with Crippen LogP contribution in [-0.2, 0) is 9.53 Å². The molecule has 0 spiro atoms. The molecule has 2 rings (SSSR count). The normalized spacial score (nSPS) is 17.2. The van der Waals surface area contributed by atoms with Gasteiger partial charge in [0.1, 0.15) is 0 Å². The van der Waals surface area contributed by atoms with E-state index in [1.165, 1.54) is 5.56 Å². The Morgan fingerprint density at radius 3 is 2.68 bits per heavy atom. The van der Waals surface area contributed by atoms with Crippen molar-refractivity contribution in [2.24, 2.45) is 0 Å². The first-order valence-corrected chi connectivity index (χ1v) is 8.91. The molecule has 0 unspecified atom stereocenters. The molecule has 0 aliphatic carbocycles. The standard InChI is InChI=1S/C17H26N2O2S/c1-14-3-5-16(6-4-14)22-13-17(20)18-15(2)7-8-19-9-11-21-12-10-19/h3-6,15H,7-13H2,1-2H3,(H,18,20)/t15-/m0/s1. The van der Waals surface area contributed by atoms with E-state index in [4.69, 9.17) is 4.74 Å². The van der Waals surface area contributed by atoms with Crippen LogP contribution in [0.1, 0.15) is 18.9 Å². The molecular formula is C17H26N2O2S. The molecule has 1 aromatic carbocycles. The van der Waals surface area contributed by atoms with Gasteiger partial charge in [-0.25, -0.2) is 0 Å². The van der Waals surface area contributed by atoms with Crippen LogP contribution in [-0.4, -0.2) is 55.4 Å². The summed E-state index contributed by atoms with van der Waals surface area (Å²) in [6.45, 7) is 8.83. The number of hydrogen-bond donors (Lipinski definition) is 1. The van der Waals surface area contributed by atoms with E-state index in [2.05, 4.69) is 48.3 Å². The van der Waals surface area contributed by atoms with E-state index in [0.29, 0.717) is 5.75 Å². The summed E-state index contributed by atoms with van der Waals surface area (Å²) in [4.78, 5) is 15.5. The lowest BCUT2D eigenvalue weighted by Crippen LogP contribution is -2.40. The van der Waals surface area contributed by atoms with Gasteiger partial charge in [-0.05, 0) is 32.4 Å². The summed E-state index contributed by atoms with van der Waals surface area (Å²) in [5.41, 5.74) is 1.24. The third-order valence-corrected chi connectivity index (χ3v) is 4.79. The Hall–Kier alpha value is -1.04. The van der Waals surface area contributed by atoms with Crippen molar-refractivity contribution in [2.45, 2.75) is 31.2 Å². The number of carbonyl (C=O) groups excluding carboxylic acids is 1. The molecule has 1 aliphatic rings. The van der Waals surface area contributed by atoms with Crippen LogP contribution < -0.4 is 5.32 Å². The Balaban J connectivity index is 1.62. The number of morpholine rings is 1. The molecular weight excluding hydrogens is 296 g/mol. The number of rotatable bonds is 7. The minimum Gasteiger partial charge on any atom is -0.379 e. The molecule has 1 aromatic rings. The van der Waals surface area contributed by atoms with Crippen LogP contribution in [0, 0.1) is 6.92 Å². The van der Waals surface area contributed by atoms with Crippen LogP contribution in [0.4, 0.5) is 0 Å². The first kappa shape index (κ1) is 17.3. The Bertz CT molecular complexity index is 458. The minimum atomic E-state index is 0.111. The van der Waals surface area contributed by atoms with Crippen LogP contribution in [0.15, 0.2) is 29.2 Å². The third kappa shape index (κ3) is 6.38. The van der Waals surface area contributed by atoms with Gasteiger partial charge in [-0.3, -0.25) is 9.69 Å². The second-order valence-corrected chi connectivity index (χ2v) is 6.86. The number of carbonyl (C=O) groups is 1. The van der Waals surface area contributed by atoms with Gasteiger partial charge in [-0.15, -0.1) is 11.8 Å². The zero-order valence-electron chi connectivity index (χ0n) is 13.5. The lowest BCUT2D eigenvalue weighted by Gasteiger charge is -2.27. The quantitative estimate of drug-likeness (QED) is 0.782. The number of amides is 1. The molecule has 0 radical (unpaired) electrons. The van der Waals surface area contributed by atoms with Gasteiger partial charge in [0.05, 0.1) is 19.0 Å². The topological polar surface area (TPSA) is 41.6 Å². The fraction of sp³-hybridized carbons (Fsp3) is 0.588. The molecule has 1 fully saturated rings. The van der Waals surface area contributed by atoms with Crippen LogP contribution in [0.2, 0.25) is 0 Å². The lowest BCUT2D eigenvalue weighted by molar-refractivity contribution is -0.119. The summed E-state index contributed by atoms with van der Waals surface area (Å²) in [6, 6.07) is 8.50. The van der Waals surface area contributed by atoms with E-state index in [-0.39, 0.29) is 11.9 Å². The molecule has 5 heteroatoms. The SMILES string of the molecule is Cc1ccc(SCC(=O)N[C@@H](C)CCN2CCOCC2)cc1. The van der Waals surface area contributed by atoms with Gasteiger partial charge in [-0.2, -0.15) is 0 Å². The largest absolute Gasteiger partial charge is 0.379 e. The highest BCUT2D eigenvalue weighted by Gasteiger charge is 2.13. The predicted octanol–water partition coefficient (Wildman–Crippen LogP) is 2.31. The van der Waals surface area contributed by atoms with Gasteiger partial charge >= 0.3 is 0 Å². The van der Waals surface area contributed by atoms with E-state index in [1.54, 1.807) is 11.8 Å². The van der Waals surface area contributed by atoms with Gasteiger partial charge in [0.15, 0.2) is 0 Å². The van der Waals surface area contributed by atoms with Crippen molar-refractivity contribution in [3.05, 3.63) is 29.8 Å². The molecule has 1 amide bonds. The Labute approximate surface area is 137 Å². The third-order valence-electron chi connectivity index (χ3n) is 3.78. The van der Waals surface area contributed by atoms with E-state index in [9.17, 15) is 4.79 Å². The van der Waals surface area contributed by atoms with Crippen LogP contribution in [0.5, 0.6) is 0 Å². The number of aryl methyl sites for hydroxylation is 1. The summed E-state index contributed by atoms with van der Waals surface area (Å²) >= 11 is 1.59. The predicted molar refractivity (Wildman–Crippen MR) is 91.4 cm³/mol. The Morgan fingerprint density at radius 2 is 2.00 bits per heavy atom. The van der Waals surface area contributed by atoms with Gasteiger partial charge in [-0.1, -0.05) is 17.7 Å². The van der Waals surface area contributed by atoms with E-state index >= 15 is 0 Å².